The van der Waals surface area contributed by atoms with Crippen LogP contribution in [-0.4, -0.2) is 37.0 Å². The van der Waals surface area contributed by atoms with Crippen molar-refractivity contribution in [1.29, 1.82) is 0 Å². The quantitative estimate of drug-likeness (QED) is 0.806. The molecule has 112 valence electrons. The van der Waals surface area contributed by atoms with Crippen LogP contribution in [0.15, 0.2) is 17.0 Å². The molecule has 1 heterocycles. The maximum absolute atomic E-state index is 12.8. The molecule has 0 spiro atoms. The molecule has 3 N–H and O–H groups in total. The van der Waals surface area contributed by atoms with Crippen LogP contribution in [0.25, 0.3) is 0 Å². The van der Waals surface area contributed by atoms with Gasteiger partial charge in [-0.1, -0.05) is 19.1 Å². The van der Waals surface area contributed by atoms with E-state index in [-0.39, 0.29) is 10.8 Å². The van der Waals surface area contributed by atoms with Gasteiger partial charge < -0.3 is 10.8 Å². The third-order valence-corrected chi connectivity index (χ3v) is 6.10. The summed E-state index contributed by atoms with van der Waals surface area (Å²) in [6.45, 7) is 6.08. The minimum Gasteiger partial charge on any atom is -0.397 e. The van der Waals surface area contributed by atoms with Gasteiger partial charge in [0.1, 0.15) is 4.90 Å². The second-order valence-electron chi connectivity index (χ2n) is 5.64. The lowest BCUT2D eigenvalue weighted by atomic mass is 9.99. The Hall–Kier alpha value is -1.11. The molecule has 1 aromatic rings. The van der Waals surface area contributed by atoms with Gasteiger partial charge in [0.25, 0.3) is 0 Å². The third kappa shape index (κ3) is 2.55. The largest absolute Gasteiger partial charge is 0.397 e. The maximum atomic E-state index is 12.8. The van der Waals surface area contributed by atoms with E-state index in [1.807, 2.05) is 13.0 Å². The normalized spacial score (nSPS) is 24.8. The van der Waals surface area contributed by atoms with Gasteiger partial charge in [-0.2, -0.15) is 4.31 Å². The van der Waals surface area contributed by atoms with Crippen molar-refractivity contribution in [3.63, 3.8) is 0 Å². The first-order chi connectivity index (χ1) is 9.25. The van der Waals surface area contributed by atoms with Crippen LogP contribution in [0.1, 0.15) is 24.5 Å². The number of sulfonamides is 1. The minimum absolute atomic E-state index is 0.0649. The zero-order valence-electron chi connectivity index (χ0n) is 12.1. The zero-order valence-corrected chi connectivity index (χ0v) is 12.9. The average molecular weight is 298 g/mol. The molecule has 2 rings (SSSR count). The van der Waals surface area contributed by atoms with Gasteiger partial charge in [-0.3, -0.25) is 0 Å². The Kier molecular flexibility index (Phi) is 4.09. The Labute approximate surface area is 120 Å². The molecule has 6 heteroatoms. The van der Waals surface area contributed by atoms with Crippen molar-refractivity contribution >= 4 is 15.7 Å². The van der Waals surface area contributed by atoms with E-state index < -0.39 is 16.1 Å². The molecule has 2 atom stereocenters. The van der Waals surface area contributed by atoms with Gasteiger partial charge in [0.05, 0.1) is 11.8 Å². The van der Waals surface area contributed by atoms with E-state index in [0.717, 1.165) is 5.56 Å². The van der Waals surface area contributed by atoms with E-state index in [1.165, 1.54) is 4.31 Å². The van der Waals surface area contributed by atoms with Crippen LogP contribution in [-0.2, 0) is 10.0 Å². The molecular weight excluding hydrogens is 276 g/mol. The van der Waals surface area contributed by atoms with E-state index in [4.69, 9.17) is 5.73 Å². The lowest BCUT2D eigenvalue weighted by Crippen LogP contribution is -2.45. The Morgan fingerprint density at radius 3 is 2.50 bits per heavy atom. The zero-order chi connectivity index (χ0) is 15.1. The summed E-state index contributed by atoms with van der Waals surface area (Å²) in [5.74, 6) is -0.0649. The van der Waals surface area contributed by atoms with Crippen LogP contribution in [0.3, 0.4) is 0 Å². The summed E-state index contributed by atoms with van der Waals surface area (Å²) >= 11 is 0. The summed E-state index contributed by atoms with van der Waals surface area (Å²) in [6.07, 6.45) is 0.0305. The Morgan fingerprint density at radius 1 is 1.30 bits per heavy atom. The number of aliphatic hydroxyl groups excluding tert-OH is 1. The predicted octanol–water partition coefficient (Wildman–Crippen LogP) is 1.28. The average Bonchev–Trinajstić information content (AvgIpc) is 2.37. The number of hydrogen-bond acceptors (Lipinski definition) is 4. The topological polar surface area (TPSA) is 83.6 Å². The molecule has 1 saturated heterocycles. The first-order valence-electron chi connectivity index (χ1n) is 6.79. The summed E-state index contributed by atoms with van der Waals surface area (Å²) in [5.41, 5.74) is 7.73. The van der Waals surface area contributed by atoms with Gasteiger partial charge in [-0.15, -0.1) is 0 Å². The molecule has 2 unspecified atom stereocenters. The summed E-state index contributed by atoms with van der Waals surface area (Å²) in [6, 6.07) is 3.60. The second-order valence-corrected chi connectivity index (χ2v) is 7.51. The highest BCUT2D eigenvalue weighted by Crippen LogP contribution is 2.31. The molecule has 0 saturated carbocycles. The van der Waals surface area contributed by atoms with Crippen LogP contribution < -0.4 is 5.73 Å². The number of anilines is 1. The van der Waals surface area contributed by atoms with Crippen molar-refractivity contribution in [1.82, 2.24) is 4.31 Å². The fourth-order valence-electron chi connectivity index (χ4n) is 2.59. The Bertz CT molecular complexity index is 613. The first kappa shape index (κ1) is 15.3. The number of aliphatic hydroxyl groups is 1. The number of piperidine rings is 1. The van der Waals surface area contributed by atoms with Crippen LogP contribution in [0.5, 0.6) is 0 Å². The molecule has 0 amide bonds. The summed E-state index contributed by atoms with van der Waals surface area (Å²) in [5, 5.41) is 9.74. The molecule has 1 aliphatic heterocycles. The molecule has 0 bridgehead atoms. The number of benzene rings is 1. The van der Waals surface area contributed by atoms with Gasteiger partial charge in [0.15, 0.2) is 0 Å². The fraction of sp³-hybridized carbons (Fsp3) is 0.571. The highest BCUT2D eigenvalue weighted by atomic mass is 32.2. The number of nitrogen functional groups attached to an aromatic ring is 1. The molecular formula is C14H22N2O3S. The standard InChI is InChI=1S/C14H22N2O3S/c1-9-4-5-10(2)14(13(9)15)20(18,19)16-7-6-12(17)11(3)8-16/h4-5,11-12,17H,6-8,15H2,1-3H3. The van der Waals surface area contributed by atoms with Crippen molar-refractivity contribution in [3.05, 3.63) is 23.3 Å². The highest BCUT2D eigenvalue weighted by Gasteiger charge is 2.34. The third-order valence-electron chi connectivity index (χ3n) is 4.03. The molecule has 1 aromatic carbocycles. The molecule has 1 aliphatic rings. The SMILES string of the molecule is Cc1ccc(C)c(S(=O)(=O)N2CCC(O)C(C)C2)c1N. The lowest BCUT2D eigenvalue weighted by Gasteiger charge is -2.34. The van der Waals surface area contributed by atoms with E-state index >= 15 is 0 Å². The lowest BCUT2D eigenvalue weighted by molar-refractivity contribution is 0.0629. The van der Waals surface area contributed by atoms with Crippen molar-refractivity contribution in [3.8, 4) is 0 Å². The number of aryl methyl sites for hydroxylation is 2. The van der Waals surface area contributed by atoms with Crippen molar-refractivity contribution in [2.75, 3.05) is 18.8 Å². The Balaban J connectivity index is 2.44. The second kappa shape index (κ2) is 5.35. The molecule has 0 aliphatic carbocycles. The number of nitrogens with two attached hydrogens (primary N) is 1. The van der Waals surface area contributed by atoms with Crippen LogP contribution in [0.4, 0.5) is 5.69 Å². The maximum Gasteiger partial charge on any atom is 0.245 e. The van der Waals surface area contributed by atoms with Gasteiger partial charge >= 0.3 is 0 Å². The molecule has 1 fully saturated rings. The summed E-state index contributed by atoms with van der Waals surface area (Å²) in [4.78, 5) is 0.209. The molecule has 5 nitrogen and oxygen atoms in total. The van der Waals surface area contributed by atoms with Gasteiger partial charge in [0, 0.05) is 13.1 Å². The van der Waals surface area contributed by atoms with Crippen LogP contribution in [0, 0.1) is 19.8 Å². The molecule has 0 aromatic heterocycles. The van der Waals surface area contributed by atoms with Crippen molar-refractivity contribution in [2.45, 2.75) is 38.2 Å². The number of hydrogen-bond donors (Lipinski definition) is 2. The fourth-order valence-corrected chi connectivity index (χ4v) is 4.54. The predicted molar refractivity (Wildman–Crippen MR) is 78.9 cm³/mol. The van der Waals surface area contributed by atoms with E-state index in [1.54, 1.807) is 19.9 Å². The van der Waals surface area contributed by atoms with Gasteiger partial charge in [-0.25, -0.2) is 8.42 Å². The highest BCUT2D eigenvalue weighted by molar-refractivity contribution is 7.89. The monoisotopic (exact) mass is 298 g/mol. The van der Waals surface area contributed by atoms with Crippen molar-refractivity contribution in [2.24, 2.45) is 5.92 Å². The van der Waals surface area contributed by atoms with E-state index in [9.17, 15) is 13.5 Å². The van der Waals surface area contributed by atoms with E-state index in [2.05, 4.69) is 0 Å². The first-order valence-corrected chi connectivity index (χ1v) is 8.23. The summed E-state index contributed by atoms with van der Waals surface area (Å²) < 4.78 is 27.0. The smallest absolute Gasteiger partial charge is 0.245 e. The van der Waals surface area contributed by atoms with Gasteiger partial charge in [0.2, 0.25) is 10.0 Å². The minimum atomic E-state index is -3.60. The van der Waals surface area contributed by atoms with Crippen molar-refractivity contribution < 1.29 is 13.5 Å². The summed E-state index contributed by atoms with van der Waals surface area (Å²) in [7, 11) is -3.60. The van der Waals surface area contributed by atoms with Crippen LogP contribution >= 0.6 is 0 Å². The Morgan fingerprint density at radius 2 is 1.90 bits per heavy atom. The number of nitrogens with zero attached hydrogens (tertiary/aromatic N) is 1. The van der Waals surface area contributed by atoms with Gasteiger partial charge in [-0.05, 0) is 37.3 Å². The van der Waals surface area contributed by atoms with Crippen LogP contribution in [0.2, 0.25) is 0 Å². The number of rotatable bonds is 2. The molecule has 20 heavy (non-hydrogen) atoms. The van der Waals surface area contributed by atoms with E-state index in [0.29, 0.717) is 30.8 Å². The molecule has 0 radical (unpaired) electrons.